The molecule has 1 atom stereocenters. The topological polar surface area (TPSA) is 54.6 Å². The maximum Gasteiger partial charge on any atom is 0.185 e. The number of thiazole rings is 1. The van der Waals surface area contributed by atoms with Gasteiger partial charge >= 0.3 is 0 Å². The summed E-state index contributed by atoms with van der Waals surface area (Å²) in [6, 6.07) is 0. The molecule has 2 fully saturated rings. The fraction of sp³-hybridized carbons (Fsp3) is 0.800. The van der Waals surface area contributed by atoms with Crippen LogP contribution in [-0.2, 0) is 4.74 Å². The minimum absolute atomic E-state index is 0.0654. The van der Waals surface area contributed by atoms with E-state index in [1.807, 2.05) is 11.6 Å². The summed E-state index contributed by atoms with van der Waals surface area (Å²) in [5.74, 6) is 0. The van der Waals surface area contributed by atoms with Crippen LogP contribution in [0.3, 0.4) is 0 Å². The van der Waals surface area contributed by atoms with E-state index in [0.29, 0.717) is 0 Å². The van der Waals surface area contributed by atoms with Crippen molar-refractivity contribution in [1.29, 1.82) is 0 Å². The largest absolute Gasteiger partial charge is 0.375 e. The van der Waals surface area contributed by atoms with Gasteiger partial charge in [-0.15, -0.1) is 11.3 Å². The van der Waals surface area contributed by atoms with Crippen LogP contribution in [0.4, 0.5) is 5.13 Å². The first-order valence-electron chi connectivity index (χ1n) is 7.78. The highest BCUT2D eigenvalue weighted by Gasteiger charge is 2.44. The summed E-state index contributed by atoms with van der Waals surface area (Å²) < 4.78 is 5.89. The van der Waals surface area contributed by atoms with Gasteiger partial charge in [-0.05, 0) is 26.7 Å². The minimum Gasteiger partial charge on any atom is -0.375 e. The Labute approximate surface area is 131 Å². The van der Waals surface area contributed by atoms with Crippen LogP contribution in [0.2, 0.25) is 0 Å². The molecule has 2 saturated heterocycles. The van der Waals surface area contributed by atoms with Crippen molar-refractivity contribution in [3.63, 3.8) is 0 Å². The lowest BCUT2D eigenvalue weighted by molar-refractivity contribution is -0.118. The van der Waals surface area contributed by atoms with Crippen molar-refractivity contribution in [1.82, 2.24) is 9.88 Å². The molecule has 5 nitrogen and oxygen atoms in total. The minimum atomic E-state index is -0.0654. The van der Waals surface area contributed by atoms with Crippen molar-refractivity contribution in [2.24, 2.45) is 5.73 Å². The predicted molar refractivity (Wildman–Crippen MR) is 87.0 cm³/mol. The molecule has 3 heterocycles. The highest BCUT2D eigenvalue weighted by molar-refractivity contribution is 7.13. The van der Waals surface area contributed by atoms with Crippen LogP contribution in [0.1, 0.15) is 26.7 Å². The van der Waals surface area contributed by atoms with E-state index in [1.165, 1.54) is 0 Å². The molecule has 6 heteroatoms. The van der Waals surface area contributed by atoms with E-state index in [9.17, 15) is 0 Å². The van der Waals surface area contributed by atoms with Gasteiger partial charge in [0.1, 0.15) is 0 Å². The van der Waals surface area contributed by atoms with Gasteiger partial charge in [0.25, 0.3) is 0 Å². The first-order valence-corrected chi connectivity index (χ1v) is 8.66. The van der Waals surface area contributed by atoms with E-state index in [0.717, 1.165) is 57.3 Å². The standard InChI is InChI=1S/C15H26N4OS/c1-14(2)11-15(12-16,3-9-20-14)19-7-5-18(6-8-19)13-17-4-10-21-13/h4,10H,3,5-9,11-12,16H2,1-2H3. The highest BCUT2D eigenvalue weighted by Crippen LogP contribution is 2.36. The van der Waals surface area contributed by atoms with E-state index in [1.54, 1.807) is 11.3 Å². The van der Waals surface area contributed by atoms with Crippen molar-refractivity contribution in [2.75, 3.05) is 44.2 Å². The second-order valence-corrected chi connectivity index (χ2v) is 7.63. The number of ether oxygens (including phenoxy) is 1. The summed E-state index contributed by atoms with van der Waals surface area (Å²) in [4.78, 5) is 9.40. The lowest BCUT2D eigenvalue weighted by Crippen LogP contribution is -2.64. The molecular formula is C15H26N4OS. The van der Waals surface area contributed by atoms with Crippen molar-refractivity contribution in [3.8, 4) is 0 Å². The molecule has 3 rings (SSSR count). The Morgan fingerprint density at radius 1 is 1.33 bits per heavy atom. The Kier molecular flexibility index (Phi) is 4.23. The van der Waals surface area contributed by atoms with Crippen molar-refractivity contribution in [3.05, 3.63) is 11.6 Å². The summed E-state index contributed by atoms with van der Waals surface area (Å²) in [5.41, 5.74) is 6.24. The van der Waals surface area contributed by atoms with Gasteiger partial charge in [0, 0.05) is 56.4 Å². The number of anilines is 1. The fourth-order valence-corrected chi connectivity index (χ4v) is 4.46. The Hall–Kier alpha value is -0.690. The molecule has 2 N–H and O–H groups in total. The summed E-state index contributed by atoms with van der Waals surface area (Å²) in [5, 5.41) is 3.19. The zero-order valence-corrected chi connectivity index (χ0v) is 13.9. The predicted octanol–water partition coefficient (Wildman–Crippen LogP) is 1.55. The molecule has 2 aliphatic heterocycles. The number of hydrogen-bond acceptors (Lipinski definition) is 6. The zero-order chi connectivity index (χ0) is 14.9. The molecule has 0 aromatic carbocycles. The van der Waals surface area contributed by atoms with Crippen molar-refractivity contribution < 1.29 is 4.74 Å². The average Bonchev–Trinajstić information content (AvgIpc) is 3.00. The Bertz CT molecular complexity index is 456. The van der Waals surface area contributed by atoms with E-state index < -0.39 is 0 Å². The first-order chi connectivity index (χ1) is 10.0. The summed E-state index contributed by atoms with van der Waals surface area (Å²) in [6.45, 7) is 10.1. The zero-order valence-electron chi connectivity index (χ0n) is 13.0. The van der Waals surface area contributed by atoms with E-state index in [-0.39, 0.29) is 11.1 Å². The molecule has 0 saturated carbocycles. The molecule has 0 bridgehead atoms. The van der Waals surface area contributed by atoms with Crippen LogP contribution in [0, 0.1) is 0 Å². The van der Waals surface area contributed by atoms with Gasteiger partial charge in [-0.2, -0.15) is 0 Å². The fourth-order valence-electron chi connectivity index (χ4n) is 3.77. The van der Waals surface area contributed by atoms with Gasteiger partial charge in [-0.25, -0.2) is 4.98 Å². The Balaban J connectivity index is 1.67. The number of piperazine rings is 1. The number of nitrogens with zero attached hydrogens (tertiary/aromatic N) is 3. The smallest absolute Gasteiger partial charge is 0.185 e. The van der Waals surface area contributed by atoms with Crippen molar-refractivity contribution in [2.45, 2.75) is 37.8 Å². The third-order valence-corrected chi connectivity index (χ3v) is 5.67. The second kappa shape index (κ2) is 5.83. The summed E-state index contributed by atoms with van der Waals surface area (Å²) in [6.07, 6.45) is 3.95. The molecule has 0 spiro atoms. The van der Waals surface area contributed by atoms with Gasteiger partial charge in [0.15, 0.2) is 5.13 Å². The third-order valence-electron chi connectivity index (χ3n) is 4.84. The van der Waals surface area contributed by atoms with Crippen LogP contribution < -0.4 is 10.6 Å². The highest BCUT2D eigenvalue weighted by atomic mass is 32.1. The Morgan fingerprint density at radius 2 is 2.10 bits per heavy atom. The van der Waals surface area contributed by atoms with E-state index in [4.69, 9.17) is 10.5 Å². The number of rotatable bonds is 3. The van der Waals surface area contributed by atoms with Crippen molar-refractivity contribution >= 4 is 16.5 Å². The molecule has 0 aliphatic carbocycles. The number of hydrogen-bond donors (Lipinski definition) is 1. The molecule has 1 unspecified atom stereocenters. The first kappa shape index (κ1) is 15.2. The van der Waals surface area contributed by atoms with Gasteiger partial charge in [0.05, 0.1) is 5.60 Å². The lowest BCUT2D eigenvalue weighted by atomic mass is 9.79. The quantitative estimate of drug-likeness (QED) is 0.918. The molecule has 21 heavy (non-hydrogen) atoms. The maximum absolute atomic E-state index is 6.20. The molecule has 118 valence electrons. The molecule has 1 aromatic rings. The molecule has 2 aliphatic rings. The molecule has 0 amide bonds. The molecule has 1 aromatic heterocycles. The lowest BCUT2D eigenvalue weighted by Gasteiger charge is -2.52. The molecular weight excluding hydrogens is 284 g/mol. The van der Waals surface area contributed by atoms with Crippen LogP contribution >= 0.6 is 11.3 Å². The van der Waals surface area contributed by atoms with Crippen LogP contribution in [0.5, 0.6) is 0 Å². The average molecular weight is 310 g/mol. The van der Waals surface area contributed by atoms with Crippen LogP contribution in [0.15, 0.2) is 11.6 Å². The van der Waals surface area contributed by atoms with E-state index in [2.05, 4.69) is 28.6 Å². The van der Waals surface area contributed by atoms with Gasteiger partial charge in [-0.3, -0.25) is 4.90 Å². The molecule has 0 radical (unpaired) electrons. The normalized spacial score (nSPS) is 30.5. The number of nitrogens with two attached hydrogens (primary N) is 1. The SMILES string of the molecule is CC1(C)CC(CN)(N2CCN(c3nccs3)CC2)CCO1. The monoisotopic (exact) mass is 310 g/mol. The summed E-state index contributed by atoms with van der Waals surface area (Å²) in [7, 11) is 0. The summed E-state index contributed by atoms with van der Waals surface area (Å²) >= 11 is 1.72. The number of aromatic nitrogens is 1. The van der Waals surface area contributed by atoms with Gasteiger partial charge < -0.3 is 15.4 Å². The van der Waals surface area contributed by atoms with E-state index >= 15 is 0 Å². The van der Waals surface area contributed by atoms with Crippen LogP contribution in [-0.4, -0.2) is 60.4 Å². The van der Waals surface area contributed by atoms with Gasteiger partial charge in [-0.1, -0.05) is 0 Å². The van der Waals surface area contributed by atoms with Crippen LogP contribution in [0.25, 0.3) is 0 Å². The second-order valence-electron chi connectivity index (χ2n) is 6.75. The maximum atomic E-state index is 6.20. The van der Waals surface area contributed by atoms with Gasteiger partial charge in [0.2, 0.25) is 0 Å². The Morgan fingerprint density at radius 3 is 2.67 bits per heavy atom. The third kappa shape index (κ3) is 3.08.